The van der Waals surface area contributed by atoms with Gasteiger partial charge in [-0.05, 0) is 51.9 Å². The molecule has 2 aliphatic heterocycles. The fourth-order valence-electron chi connectivity index (χ4n) is 3.77. The van der Waals surface area contributed by atoms with E-state index in [0.29, 0.717) is 5.69 Å². The summed E-state index contributed by atoms with van der Waals surface area (Å²) in [6, 6.07) is 4.74. The molecule has 0 aliphatic carbocycles. The molecule has 5 heteroatoms. The Morgan fingerprint density at radius 3 is 2.86 bits per heavy atom. The Kier molecular flexibility index (Phi) is 4.31. The number of anilines is 1. The molecule has 2 saturated heterocycles. The molecule has 0 aromatic carbocycles. The molecule has 2 aliphatic rings. The Bertz CT molecular complexity index is 541. The van der Waals surface area contributed by atoms with Gasteiger partial charge in [-0.25, -0.2) is 0 Å². The van der Waals surface area contributed by atoms with Crippen LogP contribution in [0.2, 0.25) is 0 Å². The molecule has 1 aromatic heterocycles. The Hall–Kier alpha value is -1.33. The van der Waals surface area contributed by atoms with Crippen molar-refractivity contribution in [2.45, 2.75) is 44.3 Å². The Labute approximate surface area is 126 Å². The SMILES string of the molecule is CN1C2CCC1CN(CCCn1cc(N)ccc1=O)CC2. The topological polar surface area (TPSA) is 54.5 Å². The predicted molar refractivity (Wildman–Crippen MR) is 85.4 cm³/mol. The van der Waals surface area contributed by atoms with Crippen molar-refractivity contribution in [1.82, 2.24) is 14.4 Å². The van der Waals surface area contributed by atoms with Crippen molar-refractivity contribution >= 4 is 5.69 Å². The van der Waals surface area contributed by atoms with Crippen molar-refractivity contribution in [3.8, 4) is 0 Å². The number of hydrogen-bond donors (Lipinski definition) is 1. The molecule has 1 aromatic rings. The molecule has 2 N–H and O–H groups in total. The third-order valence-corrected chi connectivity index (χ3v) is 5.11. The van der Waals surface area contributed by atoms with Crippen molar-refractivity contribution in [3.05, 3.63) is 28.7 Å². The molecule has 0 radical (unpaired) electrons. The number of aryl methyl sites for hydroxylation is 1. The number of rotatable bonds is 4. The van der Waals surface area contributed by atoms with Crippen LogP contribution < -0.4 is 11.3 Å². The molecule has 0 saturated carbocycles. The summed E-state index contributed by atoms with van der Waals surface area (Å²) in [6.07, 6.45) is 6.75. The first-order valence-corrected chi connectivity index (χ1v) is 8.04. The number of pyridine rings is 1. The van der Waals surface area contributed by atoms with Gasteiger partial charge in [-0.3, -0.25) is 9.69 Å². The van der Waals surface area contributed by atoms with E-state index in [-0.39, 0.29) is 5.56 Å². The van der Waals surface area contributed by atoms with Crippen LogP contribution in [-0.2, 0) is 6.54 Å². The molecule has 2 fully saturated rings. The quantitative estimate of drug-likeness (QED) is 0.898. The average molecular weight is 290 g/mol. The number of likely N-dealkylation sites (tertiary alicyclic amines) is 1. The van der Waals surface area contributed by atoms with Gasteiger partial charge < -0.3 is 15.2 Å². The first-order valence-electron chi connectivity index (χ1n) is 8.04. The summed E-state index contributed by atoms with van der Waals surface area (Å²) in [6.45, 7) is 4.19. The normalized spacial score (nSPS) is 26.9. The first-order chi connectivity index (χ1) is 10.1. The Morgan fingerprint density at radius 1 is 1.19 bits per heavy atom. The van der Waals surface area contributed by atoms with E-state index in [1.807, 2.05) is 0 Å². The molecule has 2 unspecified atom stereocenters. The lowest BCUT2D eigenvalue weighted by Crippen LogP contribution is -2.37. The maximum Gasteiger partial charge on any atom is 0.250 e. The van der Waals surface area contributed by atoms with E-state index in [9.17, 15) is 4.79 Å². The minimum Gasteiger partial charge on any atom is -0.398 e. The summed E-state index contributed by atoms with van der Waals surface area (Å²) in [5.74, 6) is 0. The minimum atomic E-state index is 0.0406. The lowest BCUT2D eigenvalue weighted by atomic mass is 10.1. The van der Waals surface area contributed by atoms with Gasteiger partial charge in [0.15, 0.2) is 0 Å². The van der Waals surface area contributed by atoms with E-state index >= 15 is 0 Å². The number of nitrogens with zero attached hydrogens (tertiary/aromatic N) is 3. The summed E-state index contributed by atoms with van der Waals surface area (Å²) in [7, 11) is 2.28. The number of aromatic nitrogens is 1. The summed E-state index contributed by atoms with van der Waals surface area (Å²) in [5, 5.41) is 0. The summed E-state index contributed by atoms with van der Waals surface area (Å²) in [5.41, 5.74) is 6.44. The first kappa shape index (κ1) is 14.6. The molecular weight excluding hydrogens is 264 g/mol. The van der Waals surface area contributed by atoms with E-state index in [2.05, 4.69) is 16.8 Å². The lowest BCUT2D eigenvalue weighted by Gasteiger charge is -2.25. The standard InChI is InChI=1S/C16H26N4O/c1-18-14-4-5-15(18)12-19(10-7-14)8-2-9-20-11-13(17)3-6-16(20)21/h3,6,11,14-15H,2,4-5,7-10,12,17H2,1H3. The second kappa shape index (κ2) is 6.20. The highest BCUT2D eigenvalue weighted by molar-refractivity contribution is 5.33. The van der Waals surface area contributed by atoms with E-state index in [4.69, 9.17) is 5.73 Å². The van der Waals surface area contributed by atoms with Crippen LogP contribution in [0, 0.1) is 0 Å². The molecule has 0 amide bonds. The smallest absolute Gasteiger partial charge is 0.250 e. The Balaban J connectivity index is 1.51. The van der Waals surface area contributed by atoms with Crippen LogP contribution in [0.3, 0.4) is 0 Å². The van der Waals surface area contributed by atoms with Gasteiger partial charge >= 0.3 is 0 Å². The highest BCUT2D eigenvalue weighted by Gasteiger charge is 2.34. The Morgan fingerprint density at radius 2 is 2.00 bits per heavy atom. The molecule has 5 nitrogen and oxygen atoms in total. The van der Waals surface area contributed by atoms with Gasteiger partial charge in [-0.15, -0.1) is 0 Å². The lowest BCUT2D eigenvalue weighted by molar-refractivity contribution is 0.216. The van der Waals surface area contributed by atoms with Gasteiger partial charge in [0.25, 0.3) is 5.56 Å². The molecule has 21 heavy (non-hydrogen) atoms. The van der Waals surface area contributed by atoms with Crippen molar-refractivity contribution in [1.29, 1.82) is 0 Å². The van der Waals surface area contributed by atoms with Gasteiger partial charge in [-0.1, -0.05) is 0 Å². The van der Waals surface area contributed by atoms with Crippen LogP contribution in [0.15, 0.2) is 23.1 Å². The fraction of sp³-hybridized carbons (Fsp3) is 0.688. The van der Waals surface area contributed by atoms with Gasteiger partial charge in [0.05, 0.1) is 0 Å². The second-order valence-corrected chi connectivity index (χ2v) is 6.49. The van der Waals surface area contributed by atoms with Crippen LogP contribution >= 0.6 is 0 Å². The fourth-order valence-corrected chi connectivity index (χ4v) is 3.77. The van der Waals surface area contributed by atoms with Crippen molar-refractivity contribution in [3.63, 3.8) is 0 Å². The van der Waals surface area contributed by atoms with Gasteiger partial charge in [0, 0.05) is 43.1 Å². The van der Waals surface area contributed by atoms with E-state index in [1.165, 1.54) is 32.4 Å². The van der Waals surface area contributed by atoms with Crippen LogP contribution in [-0.4, -0.2) is 53.1 Å². The molecule has 116 valence electrons. The maximum absolute atomic E-state index is 11.7. The van der Waals surface area contributed by atoms with Gasteiger partial charge in [0.1, 0.15) is 0 Å². The molecular formula is C16H26N4O. The van der Waals surface area contributed by atoms with Crippen molar-refractivity contribution in [2.24, 2.45) is 0 Å². The van der Waals surface area contributed by atoms with Crippen molar-refractivity contribution in [2.75, 3.05) is 32.4 Å². The van der Waals surface area contributed by atoms with E-state index in [0.717, 1.165) is 31.6 Å². The largest absolute Gasteiger partial charge is 0.398 e. The zero-order valence-corrected chi connectivity index (χ0v) is 12.9. The number of likely N-dealkylation sites (N-methyl/N-ethyl adjacent to an activating group) is 1. The summed E-state index contributed by atoms with van der Waals surface area (Å²) >= 11 is 0. The van der Waals surface area contributed by atoms with E-state index in [1.54, 1.807) is 22.9 Å². The molecule has 2 atom stereocenters. The van der Waals surface area contributed by atoms with Gasteiger partial charge in [0.2, 0.25) is 0 Å². The number of nitrogen functional groups attached to an aromatic ring is 1. The van der Waals surface area contributed by atoms with Gasteiger partial charge in [-0.2, -0.15) is 0 Å². The molecule has 2 bridgehead atoms. The summed E-state index contributed by atoms with van der Waals surface area (Å²) in [4.78, 5) is 16.9. The molecule has 3 heterocycles. The molecule has 0 spiro atoms. The third kappa shape index (κ3) is 3.30. The second-order valence-electron chi connectivity index (χ2n) is 6.49. The van der Waals surface area contributed by atoms with E-state index < -0.39 is 0 Å². The maximum atomic E-state index is 11.7. The number of nitrogens with two attached hydrogens (primary N) is 1. The van der Waals surface area contributed by atoms with Crippen LogP contribution in [0.5, 0.6) is 0 Å². The minimum absolute atomic E-state index is 0.0406. The van der Waals surface area contributed by atoms with Crippen LogP contribution in [0.4, 0.5) is 5.69 Å². The average Bonchev–Trinajstić information content (AvgIpc) is 2.70. The molecule has 3 rings (SSSR count). The number of fused-ring (bicyclic) bond motifs is 2. The zero-order valence-electron chi connectivity index (χ0n) is 12.9. The zero-order chi connectivity index (χ0) is 14.8. The van der Waals surface area contributed by atoms with Crippen LogP contribution in [0.1, 0.15) is 25.7 Å². The van der Waals surface area contributed by atoms with Crippen molar-refractivity contribution < 1.29 is 0 Å². The summed E-state index contributed by atoms with van der Waals surface area (Å²) < 4.78 is 1.73. The highest BCUT2D eigenvalue weighted by atomic mass is 16.1. The predicted octanol–water partition coefficient (Wildman–Crippen LogP) is 0.989. The van der Waals surface area contributed by atoms with Crippen LogP contribution in [0.25, 0.3) is 0 Å². The number of hydrogen-bond acceptors (Lipinski definition) is 4. The monoisotopic (exact) mass is 290 g/mol. The third-order valence-electron chi connectivity index (χ3n) is 5.11. The highest BCUT2D eigenvalue weighted by Crippen LogP contribution is 2.28.